The van der Waals surface area contributed by atoms with Gasteiger partial charge in [0.15, 0.2) is 5.13 Å². The second kappa shape index (κ2) is 7.51. The summed E-state index contributed by atoms with van der Waals surface area (Å²) in [5.41, 5.74) is 1.43. The van der Waals surface area contributed by atoms with E-state index in [9.17, 15) is 9.59 Å². The Hall–Kier alpha value is -1.73. The number of hydrogen-bond acceptors (Lipinski definition) is 4. The number of carboxylic acids is 1. The molecule has 116 valence electrons. The number of benzene rings is 1. The zero-order valence-corrected chi connectivity index (χ0v) is 14.3. The minimum atomic E-state index is -0.923. The predicted octanol–water partition coefficient (Wildman–Crippen LogP) is 3.94. The molecule has 0 bridgehead atoms. The van der Waals surface area contributed by atoms with Crippen molar-refractivity contribution in [3.8, 4) is 11.3 Å². The number of hydrogen-bond donors (Lipinski definition) is 2. The summed E-state index contributed by atoms with van der Waals surface area (Å²) in [6.45, 7) is 1.92. The third kappa shape index (κ3) is 4.38. The summed E-state index contributed by atoms with van der Waals surface area (Å²) in [6, 6.07) is 7.47. The minimum absolute atomic E-state index is 0.111. The van der Waals surface area contributed by atoms with Crippen molar-refractivity contribution in [3.63, 3.8) is 0 Å². The van der Waals surface area contributed by atoms with Gasteiger partial charge in [-0.2, -0.15) is 0 Å². The average Bonchev–Trinajstić information content (AvgIpc) is 2.81. The quantitative estimate of drug-likeness (QED) is 0.792. The number of thiazole rings is 1. The molecule has 0 spiro atoms. The van der Waals surface area contributed by atoms with Gasteiger partial charge in [-0.15, -0.1) is 11.3 Å². The van der Waals surface area contributed by atoms with Crippen molar-refractivity contribution >= 4 is 44.3 Å². The maximum absolute atomic E-state index is 11.7. The zero-order valence-electron chi connectivity index (χ0n) is 11.9. The summed E-state index contributed by atoms with van der Waals surface area (Å²) in [5, 5.41) is 12.2. The van der Waals surface area contributed by atoms with Gasteiger partial charge >= 0.3 is 5.97 Å². The number of nitrogens with one attached hydrogen (secondary N) is 1. The molecular weight excluding hydrogens is 368 g/mol. The van der Waals surface area contributed by atoms with Crippen LogP contribution in [0.5, 0.6) is 0 Å². The van der Waals surface area contributed by atoms with Crippen LogP contribution < -0.4 is 5.32 Å². The van der Waals surface area contributed by atoms with Crippen molar-refractivity contribution in [1.29, 1.82) is 0 Å². The van der Waals surface area contributed by atoms with Crippen molar-refractivity contribution in [2.45, 2.75) is 26.2 Å². The van der Waals surface area contributed by atoms with Gasteiger partial charge in [-0.25, -0.2) is 4.98 Å². The van der Waals surface area contributed by atoms with Crippen molar-refractivity contribution in [2.75, 3.05) is 5.32 Å². The lowest BCUT2D eigenvalue weighted by Gasteiger charge is -2.00. The second-order valence-corrected chi connectivity index (χ2v) is 6.67. The van der Waals surface area contributed by atoms with E-state index in [1.54, 1.807) is 0 Å². The largest absolute Gasteiger partial charge is 0.481 e. The third-order valence-corrected chi connectivity index (χ3v) is 4.35. The highest BCUT2D eigenvalue weighted by Crippen LogP contribution is 2.32. The van der Waals surface area contributed by atoms with Crippen LogP contribution in [-0.4, -0.2) is 22.0 Å². The van der Waals surface area contributed by atoms with Crippen molar-refractivity contribution in [1.82, 2.24) is 4.98 Å². The Bertz CT molecular complexity index is 683. The highest BCUT2D eigenvalue weighted by molar-refractivity contribution is 9.10. The molecule has 1 aromatic carbocycles. The highest BCUT2D eigenvalue weighted by atomic mass is 79.9. The first-order chi connectivity index (χ1) is 10.5. The van der Waals surface area contributed by atoms with E-state index in [1.165, 1.54) is 11.3 Å². The van der Waals surface area contributed by atoms with Crippen molar-refractivity contribution < 1.29 is 14.7 Å². The Kier molecular flexibility index (Phi) is 5.68. The van der Waals surface area contributed by atoms with E-state index in [2.05, 4.69) is 26.2 Å². The molecule has 7 heteroatoms. The molecule has 0 radical (unpaired) electrons. The molecule has 2 N–H and O–H groups in total. The minimum Gasteiger partial charge on any atom is -0.481 e. The number of carbonyl (C=O) groups is 2. The Labute approximate surface area is 140 Å². The standard InChI is InChI=1S/C15H15BrN2O3S/c1-2-3-12(19)17-15-18-14(11(22-15)8-13(20)21)9-4-6-10(16)7-5-9/h4-7H,2-3,8H2,1H3,(H,20,21)(H,17,18,19). The predicted molar refractivity (Wildman–Crippen MR) is 90.1 cm³/mol. The Balaban J connectivity index is 2.33. The van der Waals surface area contributed by atoms with Gasteiger partial charge in [0.05, 0.1) is 12.1 Å². The van der Waals surface area contributed by atoms with Crippen LogP contribution in [0.15, 0.2) is 28.7 Å². The molecule has 0 atom stereocenters. The Morgan fingerprint density at radius 3 is 2.59 bits per heavy atom. The number of carboxylic acid groups (broad SMARTS) is 1. The Morgan fingerprint density at radius 1 is 1.32 bits per heavy atom. The number of anilines is 1. The molecule has 0 saturated heterocycles. The average molecular weight is 383 g/mol. The number of carbonyl (C=O) groups excluding carboxylic acids is 1. The van der Waals surface area contributed by atoms with Gasteiger partial charge in [0.1, 0.15) is 0 Å². The van der Waals surface area contributed by atoms with Gasteiger partial charge in [-0.1, -0.05) is 35.0 Å². The number of halogens is 1. The molecule has 2 aromatic rings. The lowest BCUT2D eigenvalue weighted by molar-refractivity contribution is -0.136. The van der Waals surface area contributed by atoms with Crippen molar-refractivity contribution in [2.24, 2.45) is 0 Å². The fraction of sp³-hybridized carbons (Fsp3) is 0.267. The number of aromatic nitrogens is 1. The van der Waals surface area contributed by atoms with E-state index < -0.39 is 5.97 Å². The molecule has 0 saturated carbocycles. The van der Waals surface area contributed by atoms with E-state index in [-0.39, 0.29) is 12.3 Å². The first kappa shape index (κ1) is 16.6. The third-order valence-electron chi connectivity index (χ3n) is 2.85. The number of aliphatic carboxylic acids is 1. The van der Waals surface area contributed by atoms with Crippen LogP contribution in [0.2, 0.25) is 0 Å². The van der Waals surface area contributed by atoms with E-state index in [0.29, 0.717) is 22.1 Å². The fourth-order valence-electron chi connectivity index (χ4n) is 1.90. The molecule has 0 unspecified atom stereocenters. The molecule has 22 heavy (non-hydrogen) atoms. The second-order valence-electron chi connectivity index (χ2n) is 4.67. The van der Waals surface area contributed by atoms with E-state index >= 15 is 0 Å². The first-order valence-electron chi connectivity index (χ1n) is 6.77. The topological polar surface area (TPSA) is 79.3 Å². The summed E-state index contributed by atoms with van der Waals surface area (Å²) in [5.74, 6) is -1.03. The monoisotopic (exact) mass is 382 g/mol. The summed E-state index contributed by atoms with van der Waals surface area (Å²) >= 11 is 4.57. The molecule has 1 amide bonds. The van der Waals surface area contributed by atoms with Gasteiger partial charge in [-0.3, -0.25) is 9.59 Å². The zero-order chi connectivity index (χ0) is 16.1. The summed E-state index contributed by atoms with van der Waals surface area (Å²) in [7, 11) is 0. The summed E-state index contributed by atoms with van der Waals surface area (Å²) in [4.78, 5) is 27.7. The molecule has 0 aliphatic heterocycles. The SMILES string of the molecule is CCCC(=O)Nc1nc(-c2ccc(Br)cc2)c(CC(=O)O)s1. The molecule has 5 nitrogen and oxygen atoms in total. The van der Waals surface area contributed by atoms with Gasteiger partial charge in [0, 0.05) is 21.3 Å². The van der Waals surface area contributed by atoms with E-state index in [4.69, 9.17) is 5.11 Å². The molecule has 1 heterocycles. The maximum Gasteiger partial charge on any atom is 0.308 e. The normalized spacial score (nSPS) is 10.5. The summed E-state index contributed by atoms with van der Waals surface area (Å²) in [6.07, 6.45) is 1.05. The van der Waals surface area contributed by atoms with Crippen LogP contribution in [0.25, 0.3) is 11.3 Å². The number of nitrogens with zero attached hydrogens (tertiary/aromatic N) is 1. The van der Waals surface area contributed by atoms with Crippen LogP contribution >= 0.6 is 27.3 Å². The van der Waals surface area contributed by atoms with Crippen LogP contribution in [0.3, 0.4) is 0 Å². The highest BCUT2D eigenvalue weighted by Gasteiger charge is 2.17. The molecular formula is C15H15BrN2O3S. The maximum atomic E-state index is 11.7. The van der Waals surface area contributed by atoms with Crippen molar-refractivity contribution in [3.05, 3.63) is 33.6 Å². The van der Waals surface area contributed by atoms with Gasteiger partial charge in [0.2, 0.25) is 5.91 Å². The molecule has 0 fully saturated rings. The van der Waals surface area contributed by atoms with Crippen LogP contribution in [0, 0.1) is 0 Å². The number of amides is 1. The summed E-state index contributed by atoms with van der Waals surface area (Å²) < 4.78 is 0.933. The van der Waals surface area contributed by atoms with Gasteiger partial charge in [0.25, 0.3) is 0 Å². The smallest absolute Gasteiger partial charge is 0.308 e. The van der Waals surface area contributed by atoms with E-state index in [1.807, 2.05) is 31.2 Å². The molecule has 2 rings (SSSR count). The Morgan fingerprint density at radius 2 is 2.00 bits per heavy atom. The molecule has 0 aliphatic carbocycles. The lowest BCUT2D eigenvalue weighted by atomic mass is 10.1. The van der Waals surface area contributed by atoms with Gasteiger partial charge < -0.3 is 10.4 Å². The van der Waals surface area contributed by atoms with Crippen LogP contribution in [0.4, 0.5) is 5.13 Å². The first-order valence-corrected chi connectivity index (χ1v) is 8.37. The molecule has 1 aromatic heterocycles. The number of rotatable bonds is 6. The van der Waals surface area contributed by atoms with Crippen LogP contribution in [0.1, 0.15) is 24.6 Å². The van der Waals surface area contributed by atoms with Crippen LogP contribution in [-0.2, 0) is 16.0 Å². The molecule has 0 aliphatic rings. The van der Waals surface area contributed by atoms with E-state index in [0.717, 1.165) is 16.5 Å². The van der Waals surface area contributed by atoms with Gasteiger partial charge in [-0.05, 0) is 18.6 Å². The fourth-order valence-corrected chi connectivity index (χ4v) is 3.16. The lowest BCUT2D eigenvalue weighted by Crippen LogP contribution is -2.10.